The van der Waals surface area contributed by atoms with Crippen LogP contribution in [0.25, 0.3) is 32.3 Å². The number of non-ortho nitro benzene ring substituents is 2. The Balaban J connectivity index is 2.48. The molecule has 0 fully saturated rings. The first kappa shape index (κ1) is 18.8. The third-order valence-corrected chi connectivity index (χ3v) is 5.34. The molecule has 0 aliphatic carbocycles. The molecule has 0 saturated heterocycles. The first-order valence-corrected chi connectivity index (χ1v) is 8.85. The first-order chi connectivity index (χ1) is 14.3. The van der Waals surface area contributed by atoms with Crippen molar-refractivity contribution >= 4 is 43.7 Å². The maximum atomic E-state index is 11.7. The molecule has 4 aromatic rings. The van der Waals surface area contributed by atoms with E-state index >= 15 is 0 Å². The maximum Gasteiger partial charge on any atom is 0.278 e. The smallest absolute Gasteiger partial charge is 0.258 e. The van der Waals surface area contributed by atoms with E-state index in [1.54, 1.807) is 26.0 Å². The summed E-state index contributed by atoms with van der Waals surface area (Å²) in [4.78, 5) is 22.2. The first-order valence-electron chi connectivity index (χ1n) is 8.85. The zero-order valence-corrected chi connectivity index (χ0v) is 15.9. The summed E-state index contributed by atoms with van der Waals surface area (Å²) < 4.78 is 0. The van der Waals surface area contributed by atoms with E-state index in [-0.39, 0.29) is 33.3 Å². The molecule has 0 radical (unpaired) electrons. The van der Waals surface area contributed by atoms with Gasteiger partial charge in [0.25, 0.3) is 11.4 Å². The molecule has 144 valence electrons. The van der Waals surface area contributed by atoms with E-state index in [1.807, 2.05) is 12.1 Å². The lowest BCUT2D eigenvalue weighted by molar-refractivity contribution is -0.383. The molecule has 30 heavy (non-hydrogen) atoms. The molecule has 0 unspecified atom stereocenters. The fraction of sp³-hybridized carbons (Fsp3) is 0.0909. The molecule has 4 rings (SSSR count). The molecule has 0 heterocycles. The monoisotopic (exact) mass is 396 g/mol. The summed E-state index contributed by atoms with van der Waals surface area (Å²) in [5.41, 5.74) is 1.17. The zero-order valence-electron chi connectivity index (χ0n) is 15.9. The molecule has 0 aromatic heterocycles. The van der Waals surface area contributed by atoms with Crippen LogP contribution < -0.4 is 0 Å². The minimum atomic E-state index is -0.546. The second-order valence-electron chi connectivity index (χ2n) is 6.99. The molecule has 0 amide bonds. The van der Waals surface area contributed by atoms with Crippen molar-refractivity contribution in [3.63, 3.8) is 0 Å². The predicted octanol–water partition coefficient (Wildman–Crippen LogP) is 5.32. The Bertz CT molecular complexity index is 1430. The summed E-state index contributed by atoms with van der Waals surface area (Å²) in [7, 11) is 0. The van der Waals surface area contributed by atoms with Gasteiger partial charge in [-0.15, -0.1) is 0 Å². The van der Waals surface area contributed by atoms with Crippen molar-refractivity contribution in [2.24, 2.45) is 0 Å². The van der Waals surface area contributed by atoms with Crippen molar-refractivity contribution in [3.8, 4) is 12.1 Å². The van der Waals surface area contributed by atoms with Crippen molar-refractivity contribution in [1.29, 1.82) is 10.5 Å². The van der Waals surface area contributed by atoms with Gasteiger partial charge in [0.15, 0.2) is 0 Å². The van der Waals surface area contributed by atoms with E-state index in [2.05, 4.69) is 0 Å². The lowest BCUT2D eigenvalue weighted by Crippen LogP contribution is -1.98. The molecule has 0 bridgehead atoms. The molecule has 0 aliphatic rings. The lowest BCUT2D eigenvalue weighted by atomic mass is 9.87. The van der Waals surface area contributed by atoms with Crippen LogP contribution in [0.4, 0.5) is 11.4 Å². The third-order valence-electron chi connectivity index (χ3n) is 5.34. The Morgan fingerprint density at radius 3 is 1.43 bits per heavy atom. The highest BCUT2D eigenvalue weighted by molar-refractivity contribution is 6.26. The number of nitriles is 2. The number of fused-ring (bicyclic) bond motifs is 5. The molecule has 8 heteroatoms. The van der Waals surface area contributed by atoms with Gasteiger partial charge in [-0.3, -0.25) is 20.2 Å². The number of aryl methyl sites for hydroxylation is 2. The Labute approximate surface area is 169 Å². The molecule has 0 aliphatic heterocycles. The molecule has 0 atom stereocenters. The van der Waals surface area contributed by atoms with Crippen molar-refractivity contribution in [2.45, 2.75) is 13.8 Å². The topological polar surface area (TPSA) is 134 Å². The number of hydrogen-bond donors (Lipinski definition) is 0. The van der Waals surface area contributed by atoms with Gasteiger partial charge in [0.1, 0.15) is 12.1 Å². The Morgan fingerprint density at radius 1 is 0.700 bits per heavy atom. The van der Waals surface area contributed by atoms with E-state index in [4.69, 9.17) is 0 Å². The predicted molar refractivity (Wildman–Crippen MR) is 111 cm³/mol. The Hall–Kier alpha value is -4.56. The quantitative estimate of drug-likeness (QED) is 0.255. The van der Waals surface area contributed by atoms with Gasteiger partial charge in [0.05, 0.1) is 31.7 Å². The molecular weight excluding hydrogens is 384 g/mol. The van der Waals surface area contributed by atoms with Crippen LogP contribution in [0.15, 0.2) is 36.4 Å². The van der Waals surface area contributed by atoms with Gasteiger partial charge in [-0.2, -0.15) is 10.5 Å². The van der Waals surface area contributed by atoms with Gasteiger partial charge in [-0.05, 0) is 47.9 Å². The van der Waals surface area contributed by atoms with Crippen molar-refractivity contribution in [1.82, 2.24) is 0 Å². The highest BCUT2D eigenvalue weighted by Gasteiger charge is 2.25. The third kappa shape index (κ3) is 2.45. The van der Waals surface area contributed by atoms with Gasteiger partial charge in [0, 0.05) is 22.9 Å². The molecule has 0 spiro atoms. The standard InChI is InChI=1S/C22H12N4O4/c1-11-3-5-16(25(27)28)20-14(9-23)7-13-8-15(10-24)21-17(26(29)30)6-4-12(2)19(21)22(13)18(11)20/h3-8H,1-2H3. The number of rotatable bonds is 2. The van der Waals surface area contributed by atoms with Gasteiger partial charge in [0.2, 0.25) is 0 Å². The SMILES string of the molecule is Cc1ccc([N+](=O)[O-])c2c(C#N)cc3cc(C#N)c4c([N+](=O)[O-])ccc(C)c4c3c12. The summed E-state index contributed by atoms with van der Waals surface area (Å²) in [5.74, 6) is 0. The summed E-state index contributed by atoms with van der Waals surface area (Å²) in [5, 5.41) is 45.1. The second-order valence-corrected chi connectivity index (χ2v) is 6.99. The summed E-state index contributed by atoms with van der Waals surface area (Å²) in [6, 6.07) is 12.9. The van der Waals surface area contributed by atoms with E-state index in [0.29, 0.717) is 32.7 Å². The average molecular weight is 396 g/mol. The van der Waals surface area contributed by atoms with Gasteiger partial charge in [-0.1, -0.05) is 12.1 Å². The summed E-state index contributed by atoms with van der Waals surface area (Å²) in [6.07, 6.45) is 0. The van der Waals surface area contributed by atoms with Crippen LogP contribution in [0, 0.1) is 56.7 Å². The fourth-order valence-electron chi connectivity index (χ4n) is 4.12. The number of nitrogens with zero attached hydrogens (tertiary/aromatic N) is 4. The van der Waals surface area contributed by atoms with Gasteiger partial charge < -0.3 is 0 Å². The highest BCUT2D eigenvalue weighted by Crippen LogP contribution is 2.43. The minimum absolute atomic E-state index is 0.110. The number of hydrogen-bond acceptors (Lipinski definition) is 6. The lowest BCUT2D eigenvalue weighted by Gasteiger charge is -2.14. The number of benzene rings is 4. The molecule has 4 aromatic carbocycles. The molecule has 0 saturated carbocycles. The maximum absolute atomic E-state index is 11.7. The highest BCUT2D eigenvalue weighted by atomic mass is 16.6. The average Bonchev–Trinajstić information content (AvgIpc) is 2.72. The Morgan fingerprint density at radius 2 is 1.10 bits per heavy atom. The van der Waals surface area contributed by atoms with Crippen LogP contribution in [-0.4, -0.2) is 9.85 Å². The van der Waals surface area contributed by atoms with E-state index in [1.165, 1.54) is 24.3 Å². The normalized spacial score (nSPS) is 10.8. The fourth-order valence-corrected chi connectivity index (χ4v) is 4.12. The zero-order chi connectivity index (χ0) is 21.7. The summed E-state index contributed by atoms with van der Waals surface area (Å²) >= 11 is 0. The van der Waals surface area contributed by atoms with E-state index in [9.17, 15) is 30.8 Å². The van der Waals surface area contributed by atoms with Crippen LogP contribution in [0.5, 0.6) is 0 Å². The van der Waals surface area contributed by atoms with Crippen LogP contribution in [-0.2, 0) is 0 Å². The van der Waals surface area contributed by atoms with Gasteiger partial charge >= 0.3 is 0 Å². The van der Waals surface area contributed by atoms with E-state index in [0.717, 1.165) is 0 Å². The molecule has 8 nitrogen and oxygen atoms in total. The van der Waals surface area contributed by atoms with Crippen LogP contribution in [0.2, 0.25) is 0 Å². The van der Waals surface area contributed by atoms with E-state index < -0.39 is 9.85 Å². The van der Waals surface area contributed by atoms with Crippen molar-refractivity contribution < 1.29 is 9.85 Å². The number of nitro benzene ring substituents is 2. The largest absolute Gasteiger partial charge is 0.278 e. The van der Waals surface area contributed by atoms with Crippen molar-refractivity contribution in [2.75, 3.05) is 0 Å². The minimum Gasteiger partial charge on any atom is -0.258 e. The van der Waals surface area contributed by atoms with Gasteiger partial charge in [-0.25, -0.2) is 0 Å². The van der Waals surface area contributed by atoms with Crippen LogP contribution in [0.3, 0.4) is 0 Å². The van der Waals surface area contributed by atoms with Crippen molar-refractivity contribution in [3.05, 3.63) is 78.9 Å². The van der Waals surface area contributed by atoms with Crippen LogP contribution in [0.1, 0.15) is 22.3 Å². The summed E-state index contributed by atoms with van der Waals surface area (Å²) in [6.45, 7) is 3.53. The van der Waals surface area contributed by atoms with Crippen LogP contribution >= 0.6 is 0 Å². The molecular formula is C22H12N4O4. The number of nitro groups is 2. The second kappa shape index (κ2) is 6.50. The Kier molecular flexibility index (Phi) is 4.07. The molecule has 0 N–H and O–H groups in total.